The largest absolute Gasteiger partial charge is 0.476 e. The number of primary sulfonamides is 1. The van der Waals surface area contributed by atoms with Crippen LogP contribution in [0.3, 0.4) is 0 Å². The van der Waals surface area contributed by atoms with Gasteiger partial charge in [0.05, 0.1) is 11.4 Å². The molecule has 3 heterocycles. The number of aromatic nitrogens is 6. The van der Waals surface area contributed by atoms with E-state index >= 15 is 0 Å². The minimum absolute atomic E-state index is 0.123. The molecule has 3 aromatic heterocycles. The first-order valence-electron chi connectivity index (χ1n) is 13.0. The van der Waals surface area contributed by atoms with Crippen LogP contribution in [0, 0.1) is 11.7 Å². The quantitative estimate of drug-likeness (QED) is 0.160. The predicted octanol–water partition coefficient (Wildman–Crippen LogP) is 3.99. The molecule has 1 aliphatic carbocycles. The number of nitrogens with zero attached hydrogens (tertiary/aromatic N) is 5. The third-order valence-electron chi connectivity index (χ3n) is 6.89. The molecule has 0 saturated heterocycles. The van der Waals surface area contributed by atoms with Crippen LogP contribution in [-0.2, 0) is 22.9 Å². The van der Waals surface area contributed by atoms with Gasteiger partial charge in [-0.3, -0.25) is 0 Å². The Bertz CT molecular complexity index is 2030. The fourth-order valence-electron chi connectivity index (χ4n) is 4.67. The second kappa shape index (κ2) is 11.6. The van der Waals surface area contributed by atoms with E-state index in [1.807, 2.05) is 6.07 Å². The molecule has 226 valence electrons. The number of aromatic amines is 1. The van der Waals surface area contributed by atoms with E-state index in [-0.39, 0.29) is 22.8 Å². The van der Waals surface area contributed by atoms with E-state index in [1.165, 1.54) is 11.4 Å². The molecule has 0 spiro atoms. The fraction of sp³-hybridized carbons (Fsp3) is 0.185. The second-order valence-electron chi connectivity index (χ2n) is 10.1. The number of halogens is 1. The summed E-state index contributed by atoms with van der Waals surface area (Å²) >= 11 is 2.22. The number of hydrogen-bond acceptors (Lipinski definition) is 10. The van der Waals surface area contributed by atoms with Crippen molar-refractivity contribution < 1.29 is 32.6 Å². The van der Waals surface area contributed by atoms with Gasteiger partial charge in [0.25, 0.3) is 0 Å². The number of nitrogens with one attached hydrogen (secondary N) is 1. The minimum Gasteiger partial charge on any atom is -0.476 e. The van der Waals surface area contributed by atoms with Gasteiger partial charge >= 0.3 is 11.9 Å². The third-order valence-corrected chi connectivity index (χ3v) is 9.61. The molecule has 1 aliphatic rings. The molecule has 0 aliphatic heterocycles. The summed E-state index contributed by atoms with van der Waals surface area (Å²) < 4.78 is 40.1. The van der Waals surface area contributed by atoms with E-state index in [4.69, 9.17) is 10.2 Å². The van der Waals surface area contributed by atoms with E-state index in [2.05, 4.69) is 20.4 Å². The predicted molar refractivity (Wildman–Crippen MR) is 156 cm³/mol. The van der Waals surface area contributed by atoms with E-state index < -0.39 is 32.7 Å². The number of carboxylic acid groups (broad SMARTS) is 2. The fourth-order valence-corrected chi connectivity index (χ4v) is 6.90. The Morgan fingerprint density at radius 1 is 1.14 bits per heavy atom. The summed E-state index contributed by atoms with van der Waals surface area (Å²) in [6.07, 6.45) is 2.79. The van der Waals surface area contributed by atoms with Gasteiger partial charge in [-0.05, 0) is 55.0 Å². The topological polar surface area (TPSA) is 207 Å². The Morgan fingerprint density at radius 2 is 1.93 bits per heavy atom. The van der Waals surface area contributed by atoms with E-state index in [0.29, 0.717) is 39.2 Å². The Balaban J connectivity index is 1.48. The zero-order chi connectivity index (χ0) is 31.2. The number of aromatic carboxylic acids is 2. The molecule has 6 rings (SSSR count). The number of sulfonamides is 1. The highest BCUT2D eigenvalue weighted by Gasteiger charge is 2.30. The molecular formula is C27H22FN7O6S3. The van der Waals surface area contributed by atoms with Gasteiger partial charge in [0.15, 0.2) is 10.7 Å². The highest BCUT2D eigenvalue weighted by atomic mass is 32.2. The van der Waals surface area contributed by atoms with Gasteiger partial charge in [-0.2, -0.15) is 10.3 Å². The summed E-state index contributed by atoms with van der Waals surface area (Å²) in [5, 5.41) is 40.8. The maximum absolute atomic E-state index is 14.9. The summed E-state index contributed by atoms with van der Waals surface area (Å²) in [5.74, 6) is -3.00. The average Bonchev–Trinajstić information content (AvgIpc) is 3.30. The van der Waals surface area contributed by atoms with Crippen molar-refractivity contribution in [3.05, 3.63) is 81.9 Å². The molecule has 0 radical (unpaired) electrons. The summed E-state index contributed by atoms with van der Waals surface area (Å²) in [6, 6.07) is 10.9. The lowest BCUT2D eigenvalue weighted by atomic mass is 9.97. The second-order valence-corrected chi connectivity index (χ2v) is 13.5. The molecule has 44 heavy (non-hydrogen) atoms. The zero-order valence-corrected chi connectivity index (χ0v) is 24.9. The molecule has 13 nitrogen and oxygen atoms in total. The van der Waals surface area contributed by atoms with Crippen LogP contribution in [0.4, 0.5) is 4.39 Å². The molecule has 0 unspecified atom stereocenters. The monoisotopic (exact) mass is 655 g/mol. The number of hydrogen-bond donors (Lipinski definition) is 4. The van der Waals surface area contributed by atoms with Gasteiger partial charge in [-0.25, -0.2) is 37.2 Å². The summed E-state index contributed by atoms with van der Waals surface area (Å²) in [6.45, 7) is 0. The number of rotatable bonds is 11. The molecule has 1 saturated carbocycles. The highest BCUT2D eigenvalue weighted by Crippen LogP contribution is 2.39. The van der Waals surface area contributed by atoms with Gasteiger partial charge in [-0.15, -0.1) is 21.5 Å². The SMILES string of the molecule is NS(=O)(=O)c1ccc(Cc2c(-c3cccc(Sc4n[nH]nc4C(=O)O)c3)nn(-c3nc(C(=O)O)cs3)c2CC2CC2)cc1F. The molecule has 5 aromatic rings. The summed E-state index contributed by atoms with van der Waals surface area (Å²) in [5.41, 5.74) is 2.79. The molecule has 0 bridgehead atoms. The lowest BCUT2D eigenvalue weighted by Crippen LogP contribution is -2.14. The molecular weight excluding hydrogens is 634 g/mol. The smallest absolute Gasteiger partial charge is 0.359 e. The summed E-state index contributed by atoms with van der Waals surface area (Å²) in [4.78, 5) is 27.4. The standard InChI is InChI=1S/C27H22FN7O6S3/c28-18-9-14(6-7-21(18)44(29,40)41)8-17-20(10-13-4-5-13)35(27-30-19(12-42-27)25(36)37)33-22(17)15-2-1-3-16(11-15)43-24-23(26(38)39)31-34-32-24/h1-3,6-7,9,11-13H,4-5,8,10H2,(H,36,37)(H,38,39)(H2,29,40,41)(H,31,32,34). The normalized spacial score (nSPS) is 13.3. The van der Waals surface area contributed by atoms with Gasteiger partial charge in [0.1, 0.15) is 10.7 Å². The number of benzene rings is 2. The van der Waals surface area contributed by atoms with Gasteiger partial charge < -0.3 is 10.2 Å². The van der Waals surface area contributed by atoms with Crippen LogP contribution in [-0.4, -0.2) is 60.7 Å². The van der Waals surface area contributed by atoms with Crippen molar-refractivity contribution in [1.29, 1.82) is 0 Å². The van der Waals surface area contributed by atoms with Crippen molar-refractivity contribution in [2.75, 3.05) is 0 Å². The van der Waals surface area contributed by atoms with Crippen molar-refractivity contribution >= 4 is 45.1 Å². The van der Waals surface area contributed by atoms with Crippen LogP contribution in [0.2, 0.25) is 0 Å². The van der Waals surface area contributed by atoms with Crippen molar-refractivity contribution in [2.24, 2.45) is 11.1 Å². The van der Waals surface area contributed by atoms with E-state index in [1.54, 1.807) is 22.9 Å². The van der Waals surface area contributed by atoms with Crippen LogP contribution < -0.4 is 5.14 Å². The van der Waals surface area contributed by atoms with Crippen LogP contribution in [0.25, 0.3) is 16.4 Å². The van der Waals surface area contributed by atoms with Crippen LogP contribution in [0.15, 0.2) is 62.7 Å². The number of carbonyl (C=O) groups is 2. The number of nitrogens with two attached hydrogens (primary N) is 1. The molecule has 1 fully saturated rings. The first-order valence-corrected chi connectivity index (χ1v) is 16.3. The number of thiazole rings is 1. The Labute approximate surface area is 257 Å². The summed E-state index contributed by atoms with van der Waals surface area (Å²) in [7, 11) is -4.26. The van der Waals surface area contributed by atoms with Gasteiger partial charge in [0.2, 0.25) is 20.8 Å². The van der Waals surface area contributed by atoms with Gasteiger partial charge in [-0.1, -0.05) is 30.0 Å². The Hall–Kier alpha value is -4.45. The van der Waals surface area contributed by atoms with Crippen molar-refractivity contribution in [3.63, 3.8) is 0 Å². The molecule has 5 N–H and O–H groups in total. The van der Waals surface area contributed by atoms with Gasteiger partial charge in [0, 0.05) is 27.8 Å². The lowest BCUT2D eigenvalue weighted by Gasteiger charge is -2.10. The molecule has 2 aromatic carbocycles. The maximum atomic E-state index is 14.9. The van der Waals surface area contributed by atoms with Crippen molar-refractivity contribution in [3.8, 4) is 16.4 Å². The zero-order valence-electron chi connectivity index (χ0n) is 22.5. The lowest BCUT2D eigenvalue weighted by molar-refractivity contribution is 0.0678. The number of H-pyrrole nitrogens is 1. The molecule has 0 amide bonds. The van der Waals surface area contributed by atoms with E-state index in [0.717, 1.165) is 59.3 Å². The maximum Gasteiger partial charge on any atom is 0.359 e. The third kappa shape index (κ3) is 6.12. The Morgan fingerprint density at radius 3 is 2.59 bits per heavy atom. The molecule has 0 atom stereocenters. The van der Waals surface area contributed by atoms with Crippen molar-refractivity contribution in [1.82, 2.24) is 30.2 Å². The Kier molecular flexibility index (Phi) is 7.79. The first kappa shape index (κ1) is 29.6. The minimum atomic E-state index is -4.26. The molecule has 17 heteroatoms. The highest BCUT2D eigenvalue weighted by molar-refractivity contribution is 7.99. The first-order chi connectivity index (χ1) is 21.0. The average molecular weight is 656 g/mol. The van der Waals surface area contributed by atoms with Crippen LogP contribution >= 0.6 is 23.1 Å². The van der Waals surface area contributed by atoms with Crippen LogP contribution in [0.1, 0.15) is 50.6 Å². The van der Waals surface area contributed by atoms with Crippen molar-refractivity contribution in [2.45, 2.75) is 40.5 Å². The van der Waals surface area contributed by atoms with Crippen LogP contribution in [0.5, 0.6) is 0 Å². The number of carboxylic acids is 2. The van der Waals surface area contributed by atoms with E-state index in [9.17, 15) is 32.6 Å².